The molecule has 0 aromatic rings. The van der Waals surface area contributed by atoms with Gasteiger partial charge in [-0.2, -0.15) is 0 Å². The SMILES string of the molecule is O.O.O.[B][O-].[Li+]. The van der Waals surface area contributed by atoms with Crippen molar-refractivity contribution in [2.24, 2.45) is 0 Å². The van der Waals surface area contributed by atoms with E-state index in [0.29, 0.717) is 0 Å². The molecule has 0 saturated carbocycles. The smallest absolute Gasteiger partial charge is 0.892 e. The summed E-state index contributed by atoms with van der Waals surface area (Å²) in [6.45, 7) is 0. The van der Waals surface area contributed by atoms with E-state index in [1.165, 1.54) is 0 Å². The molecule has 0 aliphatic carbocycles. The molecule has 6 heteroatoms. The van der Waals surface area contributed by atoms with Gasteiger partial charge in [-0.1, -0.05) is 0 Å². The van der Waals surface area contributed by atoms with Gasteiger partial charge in [0.1, 0.15) is 0 Å². The van der Waals surface area contributed by atoms with Crippen molar-refractivity contribution in [3.63, 3.8) is 0 Å². The molecule has 0 aromatic carbocycles. The Morgan fingerprint density at radius 1 is 0.833 bits per heavy atom. The quantitative estimate of drug-likeness (QED) is 0.268. The van der Waals surface area contributed by atoms with Crippen molar-refractivity contribution in [1.82, 2.24) is 0 Å². The summed E-state index contributed by atoms with van der Waals surface area (Å²) in [5, 5.41) is 7.75. The third-order valence-corrected chi connectivity index (χ3v) is 0. The molecule has 0 amide bonds. The molecule has 34 valence electrons. The van der Waals surface area contributed by atoms with Crippen molar-refractivity contribution in [2.45, 2.75) is 0 Å². The van der Waals surface area contributed by atoms with Gasteiger partial charge in [-0.15, -0.1) is 8.05 Å². The van der Waals surface area contributed by atoms with Crippen molar-refractivity contribution in [1.29, 1.82) is 0 Å². The molecule has 0 fully saturated rings. The normalized spacial score (nSPS) is 0.833. The fourth-order valence-electron chi connectivity index (χ4n) is 0. The molecule has 6 heavy (non-hydrogen) atoms. The van der Waals surface area contributed by atoms with Crippen LogP contribution in [0.1, 0.15) is 0 Å². The Bertz CT molecular complexity index is 7.51. The summed E-state index contributed by atoms with van der Waals surface area (Å²) in [5.41, 5.74) is 0. The molecular formula is H6BLiO4. The Morgan fingerprint density at radius 3 is 0.833 bits per heavy atom. The molecule has 2 radical (unpaired) electrons. The standard InChI is InChI=1S/BO.Li.3H2O/c1-2;;;;/h;;3*1H2/q-1;+1;;;. The van der Waals surface area contributed by atoms with Gasteiger partial charge in [0, 0.05) is 0 Å². The van der Waals surface area contributed by atoms with E-state index >= 15 is 0 Å². The second-order valence-corrected chi connectivity index (χ2v) is 0. The van der Waals surface area contributed by atoms with Crippen LogP contribution < -0.4 is 23.9 Å². The zero-order valence-corrected chi connectivity index (χ0v) is 3.49. The van der Waals surface area contributed by atoms with Gasteiger partial charge in [-0.3, -0.25) is 0 Å². The summed E-state index contributed by atoms with van der Waals surface area (Å²) in [5.74, 6) is 0. The fraction of sp³-hybridized carbons (Fsp3) is 0. The first-order chi connectivity index (χ1) is 1.00. The summed E-state index contributed by atoms with van der Waals surface area (Å²) in [6, 6.07) is 0. The molecule has 0 aliphatic rings. The van der Waals surface area contributed by atoms with E-state index in [9.17, 15) is 0 Å². The van der Waals surface area contributed by atoms with Crippen molar-refractivity contribution >= 4 is 8.05 Å². The minimum absolute atomic E-state index is 0. The van der Waals surface area contributed by atoms with Crippen LogP contribution in [0.5, 0.6) is 0 Å². The van der Waals surface area contributed by atoms with Gasteiger partial charge >= 0.3 is 18.9 Å². The molecule has 0 saturated heterocycles. The van der Waals surface area contributed by atoms with Crippen molar-refractivity contribution in [3.8, 4) is 0 Å². The van der Waals surface area contributed by atoms with Crippen LogP contribution in [0.3, 0.4) is 0 Å². The second-order valence-electron chi connectivity index (χ2n) is 0. The Balaban J connectivity index is -0.000000000833. The van der Waals surface area contributed by atoms with E-state index in [1.807, 2.05) is 0 Å². The predicted molar refractivity (Wildman–Crippen MR) is 16.6 cm³/mol. The van der Waals surface area contributed by atoms with E-state index in [2.05, 4.69) is 8.05 Å². The number of hydrogen-bond donors (Lipinski definition) is 0. The predicted octanol–water partition coefficient (Wildman–Crippen LogP) is -7.04. The largest absolute Gasteiger partial charge is 1.00 e. The van der Waals surface area contributed by atoms with E-state index in [4.69, 9.17) is 5.02 Å². The maximum absolute atomic E-state index is 7.75. The minimum atomic E-state index is 0. The molecule has 0 spiro atoms. The van der Waals surface area contributed by atoms with Crippen LogP contribution in [0.4, 0.5) is 0 Å². The van der Waals surface area contributed by atoms with E-state index < -0.39 is 0 Å². The molecule has 0 heterocycles. The van der Waals surface area contributed by atoms with Gasteiger partial charge in [0.05, 0.1) is 0 Å². The third kappa shape index (κ3) is 219. The minimum Gasteiger partial charge on any atom is -0.892 e. The maximum atomic E-state index is 7.75. The van der Waals surface area contributed by atoms with Crippen LogP contribution >= 0.6 is 0 Å². The summed E-state index contributed by atoms with van der Waals surface area (Å²) in [6.07, 6.45) is 0. The average molecular weight is 87.8 g/mol. The van der Waals surface area contributed by atoms with Gasteiger partial charge in [-0.05, 0) is 0 Å². The zero-order valence-electron chi connectivity index (χ0n) is 3.49. The molecule has 0 atom stereocenters. The first-order valence-electron chi connectivity index (χ1n) is 0.236. The molecule has 0 rings (SSSR count). The Labute approximate surface area is 49.1 Å². The molecular weight excluding hydrogens is 81.7 g/mol. The first-order valence-corrected chi connectivity index (χ1v) is 0.236. The molecule has 0 bridgehead atoms. The van der Waals surface area contributed by atoms with Crippen LogP contribution in [0.15, 0.2) is 0 Å². The van der Waals surface area contributed by atoms with Gasteiger partial charge in [-0.25, -0.2) is 0 Å². The van der Waals surface area contributed by atoms with Gasteiger partial charge in [0.2, 0.25) is 0 Å². The maximum Gasteiger partial charge on any atom is 1.00 e. The molecule has 6 N–H and O–H groups in total. The number of rotatable bonds is 0. The van der Waals surface area contributed by atoms with Crippen LogP contribution in [-0.4, -0.2) is 24.5 Å². The second kappa shape index (κ2) is 442. The zero-order chi connectivity index (χ0) is 2.00. The summed E-state index contributed by atoms with van der Waals surface area (Å²) >= 11 is 0. The fourth-order valence-corrected chi connectivity index (χ4v) is 0. The van der Waals surface area contributed by atoms with Crippen LogP contribution in [0.25, 0.3) is 0 Å². The Hall–Kier alpha value is 0.502. The van der Waals surface area contributed by atoms with Gasteiger partial charge in [0.25, 0.3) is 0 Å². The Kier molecular flexibility index (Phi) is 6430. The van der Waals surface area contributed by atoms with Crippen LogP contribution in [-0.2, 0) is 0 Å². The van der Waals surface area contributed by atoms with E-state index in [-0.39, 0.29) is 35.3 Å². The first kappa shape index (κ1) is 87.2. The number of hydrogen-bond acceptors (Lipinski definition) is 1. The van der Waals surface area contributed by atoms with Crippen molar-refractivity contribution in [2.75, 3.05) is 0 Å². The van der Waals surface area contributed by atoms with E-state index in [0.717, 1.165) is 0 Å². The molecule has 4 nitrogen and oxygen atoms in total. The summed E-state index contributed by atoms with van der Waals surface area (Å²) in [4.78, 5) is 0. The van der Waals surface area contributed by atoms with Crippen LogP contribution in [0, 0.1) is 0 Å². The average Bonchev–Trinajstić information content (AvgIpc) is 1.00. The summed E-state index contributed by atoms with van der Waals surface area (Å²) < 4.78 is 0. The van der Waals surface area contributed by atoms with Gasteiger partial charge in [0.15, 0.2) is 0 Å². The molecule has 0 aliphatic heterocycles. The van der Waals surface area contributed by atoms with Crippen molar-refractivity contribution < 1.29 is 40.3 Å². The molecule has 0 aromatic heterocycles. The van der Waals surface area contributed by atoms with Crippen molar-refractivity contribution in [3.05, 3.63) is 0 Å². The monoisotopic (exact) mass is 88.1 g/mol. The topological polar surface area (TPSA) is 118 Å². The Morgan fingerprint density at radius 2 is 0.833 bits per heavy atom. The van der Waals surface area contributed by atoms with Gasteiger partial charge < -0.3 is 21.5 Å². The van der Waals surface area contributed by atoms with E-state index in [1.54, 1.807) is 0 Å². The van der Waals surface area contributed by atoms with Crippen LogP contribution in [0.2, 0.25) is 0 Å². The molecule has 0 unspecified atom stereocenters. The third-order valence-electron chi connectivity index (χ3n) is 0. The summed E-state index contributed by atoms with van der Waals surface area (Å²) in [7, 11) is 3.25.